The first-order valence-electron chi connectivity index (χ1n) is 6.44. The molecule has 0 radical (unpaired) electrons. The van der Waals surface area contributed by atoms with Gasteiger partial charge in [0.05, 0.1) is 6.10 Å². The Balaban J connectivity index is 2.64. The molecule has 0 aromatic rings. The summed E-state index contributed by atoms with van der Waals surface area (Å²) >= 11 is 0. The number of hydrogen-bond donors (Lipinski definition) is 3. The van der Waals surface area contributed by atoms with Crippen LogP contribution in [0.1, 0.15) is 20.3 Å². The number of nitrogens with zero attached hydrogens (tertiary/aromatic N) is 2. The van der Waals surface area contributed by atoms with Gasteiger partial charge in [0.15, 0.2) is 0 Å². The Hall–Kier alpha value is -1.83. The van der Waals surface area contributed by atoms with E-state index >= 15 is 0 Å². The summed E-state index contributed by atoms with van der Waals surface area (Å²) in [6.45, 7) is 3.41. The molecule has 0 spiro atoms. The van der Waals surface area contributed by atoms with E-state index in [0.29, 0.717) is 0 Å². The third-order valence-corrected chi connectivity index (χ3v) is 2.97. The molecule has 1 fully saturated rings. The van der Waals surface area contributed by atoms with Crippen LogP contribution in [0.4, 0.5) is 4.79 Å². The van der Waals surface area contributed by atoms with E-state index in [-0.39, 0.29) is 31.5 Å². The summed E-state index contributed by atoms with van der Waals surface area (Å²) in [4.78, 5) is 37.0. The lowest BCUT2D eigenvalue weighted by atomic mass is 10.2. The van der Waals surface area contributed by atoms with E-state index in [4.69, 9.17) is 5.11 Å². The molecule has 3 amide bonds. The molecule has 0 aromatic carbocycles. The van der Waals surface area contributed by atoms with Gasteiger partial charge in [0, 0.05) is 26.1 Å². The van der Waals surface area contributed by atoms with Crippen molar-refractivity contribution in [3.8, 4) is 0 Å². The fourth-order valence-electron chi connectivity index (χ4n) is 2.13. The number of carboxylic acid groups (broad SMARTS) is 1. The summed E-state index contributed by atoms with van der Waals surface area (Å²) in [7, 11) is 1.42. The van der Waals surface area contributed by atoms with Crippen molar-refractivity contribution >= 4 is 17.9 Å². The van der Waals surface area contributed by atoms with Crippen LogP contribution in [-0.2, 0) is 9.59 Å². The molecule has 1 heterocycles. The van der Waals surface area contributed by atoms with E-state index in [1.165, 1.54) is 7.05 Å². The number of carbonyl (C=O) groups excluding carboxylic acids is 2. The number of likely N-dealkylation sites (N-methyl/N-ethyl adjacent to an activating group) is 1. The number of carboxylic acids is 1. The molecule has 0 aromatic heterocycles. The van der Waals surface area contributed by atoms with Gasteiger partial charge in [-0.2, -0.15) is 0 Å². The molecule has 8 nitrogen and oxygen atoms in total. The fraction of sp³-hybridized carbons (Fsp3) is 0.750. The highest BCUT2D eigenvalue weighted by molar-refractivity contribution is 5.87. The number of hydrogen-bond acceptors (Lipinski definition) is 4. The zero-order chi connectivity index (χ0) is 15.4. The highest BCUT2D eigenvalue weighted by atomic mass is 16.4. The molecular weight excluding hydrogens is 266 g/mol. The zero-order valence-corrected chi connectivity index (χ0v) is 11.9. The Morgan fingerprint density at radius 3 is 2.50 bits per heavy atom. The number of aliphatic carboxylic acids is 1. The lowest BCUT2D eigenvalue weighted by molar-refractivity contribution is -0.141. The molecule has 114 valence electrons. The first-order valence-corrected chi connectivity index (χ1v) is 6.44. The lowest BCUT2D eigenvalue weighted by Gasteiger charge is -2.27. The summed E-state index contributed by atoms with van der Waals surface area (Å²) in [5, 5.41) is 21.2. The van der Waals surface area contributed by atoms with Gasteiger partial charge in [0.1, 0.15) is 12.6 Å². The van der Waals surface area contributed by atoms with Gasteiger partial charge in [0.2, 0.25) is 5.91 Å². The number of carbonyl (C=O) groups is 3. The SMILES string of the molecule is CC(C)NC(=O)CN(C)C(=O)N1C[C@H](O)C[C@@H]1C(=O)O. The topological polar surface area (TPSA) is 110 Å². The van der Waals surface area contributed by atoms with Crippen molar-refractivity contribution in [1.82, 2.24) is 15.1 Å². The quantitative estimate of drug-likeness (QED) is 0.619. The summed E-state index contributed by atoms with van der Waals surface area (Å²) in [6.07, 6.45) is -0.842. The maximum Gasteiger partial charge on any atom is 0.326 e. The molecule has 2 atom stereocenters. The maximum absolute atomic E-state index is 12.1. The number of β-amino-alcohol motifs (C(OH)–C–C–N with tert-alkyl or cyclic N) is 1. The average Bonchev–Trinajstić information content (AvgIpc) is 2.69. The number of amides is 3. The van der Waals surface area contributed by atoms with Gasteiger partial charge >= 0.3 is 12.0 Å². The predicted molar refractivity (Wildman–Crippen MR) is 70.1 cm³/mol. The van der Waals surface area contributed by atoms with Gasteiger partial charge in [0.25, 0.3) is 0 Å². The molecular formula is C12H21N3O5. The Bertz CT molecular complexity index is 399. The van der Waals surface area contributed by atoms with Crippen molar-refractivity contribution in [2.75, 3.05) is 20.1 Å². The number of aliphatic hydroxyl groups is 1. The zero-order valence-electron chi connectivity index (χ0n) is 11.9. The molecule has 0 unspecified atom stereocenters. The third-order valence-electron chi connectivity index (χ3n) is 2.97. The molecule has 1 aliphatic heterocycles. The van der Waals surface area contributed by atoms with Crippen LogP contribution < -0.4 is 5.32 Å². The van der Waals surface area contributed by atoms with Crippen LogP contribution >= 0.6 is 0 Å². The molecule has 0 bridgehead atoms. The van der Waals surface area contributed by atoms with E-state index in [2.05, 4.69) is 5.32 Å². The standard InChI is InChI=1S/C12H21N3O5/c1-7(2)13-10(17)6-14(3)12(20)15-5-8(16)4-9(15)11(18)19/h7-9,16H,4-6H2,1-3H3,(H,13,17)(H,18,19)/t8-,9-/m1/s1. The molecule has 1 aliphatic rings. The summed E-state index contributed by atoms with van der Waals surface area (Å²) in [5.74, 6) is -1.47. The van der Waals surface area contributed by atoms with Gasteiger partial charge < -0.3 is 25.3 Å². The van der Waals surface area contributed by atoms with Crippen LogP contribution in [0.3, 0.4) is 0 Å². The van der Waals surface area contributed by atoms with Crippen molar-refractivity contribution in [3.05, 3.63) is 0 Å². The smallest absolute Gasteiger partial charge is 0.326 e. The average molecular weight is 287 g/mol. The molecule has 3 N–H and O–H groups in total. The number of urea groups is 1. The van der Waals surface area contributed by atoms with Crippen molar-refractivity contribution in [2.45, 2.75) is 38.5 Å². The highest BCUT2D eigenvalue weighted by Gasteiger charge is 2.40. The largest absolute Gasteiger partial charge is 0.480 e. The van der Waals surface area contributed by atoms with E-state index in [1.54, 1.807) is 13.8 Å². The predicted octanol–water partition coefficient (Wildman–Crippen LogP) is -0.917. The Kier molecular flexibility index (Phi) is 5.32. The monoisotopic (exact) mass is 287 g/mol. The third kappa shape index (κ3) is 4.09. The Morgan fingerprint density at radius 1 is 1.40 bits per heavy atom. The molecule has 0 aliphatic carbocycles. The van der Waals surface area contributed by atoms with Crippen molar-refractivity contribution in [1.29, 1.82) is 0 Å². The minimum Gasteiger partial charge on any atom is -0.480 e. The second-order valence-corrected chi connectivity index (χ2v) is 5.26. The van der Waals surface area contributed by atoms with E-state index in [1.807, 2.05) is 0 Å². The van der Waals surface area contributed by atoms with Crippen LogP contribution in [0.2, 0.25) is 0 Å². The van der Waals surface area contributed by atoms with Crippen LogP contribution in [0.15, 0.2) is 0 Å². The minimum absolute atomic E-state index is 0.00705. The van der Waals surface area contributed by atoms with Crippen LogP contribution in [0.25, 0.3) is 0 Å². The Morgan fingerprint density at radius 2 is 2.00 bits per heavy atom. The summed E-state index contributed by atoms with van der Waals surface area (Å²) in [5.41, 5.74) is 0. The number of nitrogens with one attached hydrogen (secondary N) is 1. The van der Waals surface area contributed by atoms with Gasteiger partial charge in [-0.05, 0) is 13.8 Å². The number of rotatable bonds is 4. The van der Waals surface area contributed by atoms with Gasteiger partial charge in [-0.15, -0.1) is 0 Å². The second-order valence-electron chi connectivity index (χ2n) is 5.26. The summed E-state index contributed by atoms with van der Waals surface area (Å²) < 4.78 is 0. The Labute approximate surface area is 117 Å². The van der Waals surface area contributed by atoms with Crippen molar-refractivity contribution in [3.63, 3.8) is 0 Å². The normalized spacial score (nSPS) is 21.9. The minimum atomic E-state index is -1.16. The second kappa shape index (κ2) is 6.56. The summed E-state index contributed by atoms with van der Waals surface area (Å²) in [6, 6.07) is -1.66. The molecule has 1 saturated heterocycles. The van der Waals surface area contributed by atoms with Crippen LogP contribution in [0, 0.1) is 0 Å². The first-order chi connectivity index (χ1) is 9.22. The van der Waals surface area contributed by atoms with Crippen molar-refractivity contribution in [2.24, 2.45) is 0 Å². The highest BCUT2D eigenvalue weighted by Crippen LogP contribution is 2.19. The molecule has 1 rings (SSSR count). The van der Waals surface area contributed by atoms with Gasteiger partial charge in [-0.25, -0.2) is 9.59 Å². The van der Waals surface area contributed by atoms with Gasteiger partial charge in [-0.3, -0.25) is 4.79 Å². The van der Waals surface area contributed by atoms with E-state index in [0.717, 1.165) is 9.80 Å². The molecule has 8 heteroatoms. The van der Waals surface area contributed by atoms with E-state index in [9.17, 15) is 19.5 Å². The van der Waals surface area contributed by atoms with Gasteiger partial charge in [-0.1, -0.05) is 0 Å². The lowest BCUT2D eigenvalue weighted by Crippen LogP contribution is -2.49. The number of aliphatic hydroxyl groups excluding tert-OH is 1. The van der Waals surface area contributed by atoms with E-state index < -0.39 is 24.1 Å². The van der Waals surface area contributed by atoms with Crippen LogP contribution in [-0.4, -0.2) is 76.2 Å². The molecule has 0 saturated carbocycles. The first kappa shape index (κ1) is 16.2. The molecule has 20 heavy (non-hydrogen) atoms. The number of likely N-dealkylation sites (tertiary alicyclic amines) is 1. The fourth-order valence-corrected chi connectivity index (χ4v) is 2.13. The van der Waals surface area contributed by atoms with Crippen LogP contribution in [0.5, 0.6) is 0 Å². The van der Waals surface area contributed by atoms with Crippen molar-refractivity contribution < 1.29 is 24.6 Å². The maximum atomic E-state index is 12.1.